The van der Waals surface area contributed by atoms with Crippen LogP contribution in [0.3, 0.4) is 0 Å². The van der Waals surface area contributed by atoms with Crippen LogP contribution in [0.15, 0.2) is 18.2 Å². The van der Waals surface area contributed by atoms with Crippen LogP contribution in [-0.2, 0) is 11.2 Å². The lowest BCUT2D eigenvalue weighted by Gasteiger charge is -2.08. The number of halogens is 1. The summed E-state index contributed by atoms with van der Waals surface area (Å²) in [5.74, 6) is -1.17. The summed E-state index contributed by atoms with van der Waals surface area (Å²) in [7, 11) is 0. The summed E-state index contributed by atoms with van der Waals surface area (Å²) in [5.41, 5.74) is 1.48. The number of aliphatic carboxylic acids is 1. The van der Waals surface area contributed by atoms with E-state index < -0.39 is 11.2 Å². The molecule has 0 aliphatic carbocycles. The first-order chi connectivity index (χ1) is 6.52. The van der Waals surface area contributed by atoms with Crippen molar-refractivity contribution in [3.8, 4) is 0 Å². The van der Waals surface area contributed by atoms with Gasteiger partial charge in [0.15, 0.2) is 0 Å². The Morgan fingerprint density at radius 1 is 1.43 bits per heavy atom. The Morgan fingerprint density at radius 2 is 2.07 bits per heavy atom. The third kappa shape index (κ3) is 2.33. The Morgan fingerprint density at radius 3 is 2.57 bits per heavy atom. The van der Waals surface area contributed by atoms with Crippen LogP contribution in [0.1, 0.15) is 21.5 Å². The maximum Gasteiger partial charge on any atom is 0.252 e. The van der Waals surface area contributed by atoms with Gasteiger partial charge in [0, 0.05) is 18.0 Å². The molecule has 4 heteroatoms. The van der Waals surface area contributed by atoms with Crippen molar-refractivity contribution >= 4 is 22.8 Å². The van der Waals surface area contributed by atoms with Crippen molar-refractivity contribution in [3.05, 3.63) is 34.9 Å². The molecule has 0 aliphatic heterocycles. The van der Waals surface area contributed by atoms with Gasteiger partial charge in [-0.25, -0.2) is 0 Å². The Labute approximate surface area is 86.3 Å². The highest BCUT2D eigenvalue weighted by molar-refractivity contribution is 6.67. The molecule has 0 N–H and O–H groups in total. The van der Waals surface area contributed by atoms with Crippen LogP contribution < -0.4 is 5.11 Å². The molecule has 1 rings (SSSR count). The van der Waals surface area contributed by atoms with Crippen molar-refractivity contribution in [3.63, 3.8) is 0 Å². The molecule has 1 aromatic rings. The molecule has 0 radical (unpaired) electrons. The van der Waals surface area contributed by atoms with Gasteiger partial charge >= 0.3 is 0 Å². The summed E-state index contributed by atoms with van der Waals surface area (Å²) < 4.78 is 0. The summed E-state index contributed by atoms with van der Waals surface area (Å²) in [6, 6.07) is 4.79. The van der Waals surface area contributed by atoms with Crippen LogP contribution in [0.25, 0.3) is 0 Å². The van der Waals surface area contributed by atoms with Crippen LogP contribution in [-0.4, -0.2) is 11.2 Å². The van der Waals surface area contributed by atoms with Gasteiger partial charge < -0.3 is 9.90 Å². The third-order valence-electron chi connectivity index (χ3n) is 1.99. The summed E-state index contributed by atoms with van der Waals surface area (Å²) in [6.45, 7) is 1.66. The highest BCUT2D eigenvalue weighted by Crippen LogP contribution is 2.16. The molecular formula is C10H8ClO3-. The van der Waals surface area contributed by atoms with E-state index in [1.807, 2.05) is 0 Å². The van der Waals surface area contributed by atoms with Gasteiger partial charge in [-0.15, -0.1) is 0 Å². The second kappa shape index (κ2) is 4.24. The fraction of sp³-hybridized carbons (Fsp3) is 0.200. The van der Waals surface area contributed by atoms with E-state index in [0.717, 1.165) is 0 Å². The second-order valence-corrected chi connectivity index (χ2v) is 3.26. The normalized spacial score (nSPS) is 9.86. The average molecular weight is 212 g/mol. The molecule has 14 heavy (non-hydrogen) atoms. The molecule has 0 aromatic heterocycles. The summed E-state index contributed by atoms with van der Waals surface area (Å²) in [5, 5.41) is 9.79. The molecule has 0 atom stereocenters. The molecule has 74 valence electrons. The van der Waals surface area contributed by atoms with E-state index in [0.29, 0.717) is 16.7 Å². The van der Waals surface area contributed by atoms with Crippen molar-refractivity contribution in [2.24, 2.45) is 0 Å². The zero-order chi connectivity index (χ0) is 10.7. The van der Waals surface area contributed by atoms with Gasteiger partial charge in [-0.2, -0.15) is 0 Å². The van der Waals surface area contributed by atoms with Gasteiger partial charge in [0.25, 0.3) is 5.24 Å². The van der Waals surface area contributed by atoms with E-state index in [9.17, 15) is 14.7 Å². The number of carbonyl (C=O) groups excluding carboxylic acids is 2. The molecule has 0 bridgehead atoms. The van der Waals surface area contributed by atoms with Gasteiger partial charge in [-0.05, 0) is 35.7 Å². The third-order valence-corrected chi connectivity index (χ3v) is 2.20. The highest BCUT2D eigenvalue weighted by atomic mass is 35.5. The molecule has 0 aliphatic rings. The Kier molecular flexibility index (Phi) is 3.25. The van der Waals surface area contributed by atoms with Crippen molar-refractivity contribution in [2.45, 2.75) is 13.3 Å². The van der Waals surface area contributed by atoms with E-state index in [4.69, 9.17) is 11.6 Å². The fourth-order valence-electron chi connectivity index (χ4n) is 1.24. The van der Waals surface area contributed by atoms with Crippen molar-refractivity contribution in [1.29, 1.82) is 0 Å². The van der Waals surface area contributed by atoms with E-state index in [1.165, 1.54) is 0 Å². The molecule has 0 saturated heterocycles. The average Bonchev–Trinajstić information content (AvgIpc) is 2.07. The predicted molar refractivity (Wildman–Crippen MR) is 50.1 cm³/mol. The number of carboxylic acids is 1. The number of benzene rings is 1. The molecule has 0 amide bonds. The van der Waals surface area contributed by atoms with Crippen LogP contribution >= 0.6 is 11.6 Å². The number of hydrogen-bond acceptors (Lipinski definition) is 3. The van der Waals surface area contributed by atoms with Crippen molar-refractivity contribution in [2.75, 3.05) is 0 Å². The summed E-state index contributed by atoms with van der Waals surface area (Å²) in [6.07, 6.45) is -0.205. The number of rotatable bonds is 3. The van der Waals surface area contributed by atoms with Gasteiger partial charge in [-0.1, -0.05) is 12.1 Å². The maximum atomic E-state index is 10.9. The first-order valence-corrected chi connectivity index (χ1v) is 4.38. The zero-order valence-corrected chi connectivity index (χ0v) is 8.30. The zero-order valence-electron chi connectivity index (χ0n) is 7.54. The second-order valence-electron chi connectivity index (χ2n) is 2.91. The first-order valence-electron chi connectivity index (χ1n) is 4.00. The SMILES string of the molecule is Cc1c(CC(=O)[O-])cccc1C(=O)Cl. The minimum absolute atomic E-state index is 0.205. The smallest absolute Gasteiger partial charge is 0.252 e. The molecular weight excluding hydrogens is 204 g/mol. The van der Waals surface area contributed by atoms with Crippen LogP contribution in [0.4, 0.5) is 0 Å². The molecule has 0 unspecified atom stereocenters. The molecule has 0 saturated carbocycles. The highest BCUT2D eigenvalue weighted by Gasteiger charge is 2.08. The lowest BCUT2D eigenvalue weighted by Crippen LogP contribution is -2.24. The number of carboxylic acid groups (broad SMARTS) is 1. The topological polar surface area (TPSA) is 57.2 Å². The molecule has 0 heterocycles. The van der Waals surface area contributed by atoms with E-state index >= 15 is 0 Å². The van der Waals surface area contributed by atoms with Crippen molar-refractivity contribution in [1.82, 2.24) is 0 Å². The summed E-state index contributed by atoms with van der Waals surface area (Å²) in [4.78, 5) is 21.3. The van der Waals surface area contributed by atoms with Crippen molar-refractivity contribution < 1.29 is 14.7 Å². The Bertz CT molecular complexity index is 385. The molecule has 1 aromatic carbocycles. The largest absolute Gasteiger partial charge is 0.550 e. The lowest BCUT2D eigenvalue weighted by atomic mass is 10.0. The minimum Gasteiger partial charge on any atom is -0.550 e. The fourth-order valence-corrected chi connectivity index (χ4v) is 1.45. The van der Waals surface area contributed by atoms with Crippen LogP contribution in [0.2, 0.25) is 0 Å². The van der Waals surface area contributed by atoms with Gasteiger partial charge in [-0.3, -0.25) is 4.79 Å². The van der Waals surface area contributed by atoms with Crippen LogP contribution in [0, 0.1) is 6.92 Å². The van der Waals surface area contributed by atoms with E-state index in [1.54, 1.807) is 25.1 Å². The van der Waals surface area contributed by atoms with Gasteiger partial charge in [0.2, 0.25) is 0 Å². The number of carbonyl (C=O) groups is 2. The Hall–Kier alpha value is -1.35. The van der Waals surface area contributed by atoms with E-state index in [2.05, 4.69) is 0 Å². The minimum atomic E-state index is -1.17. The molecule has 0 spiro atoms. The van der Waals surface area contributed by atoms with Gasteiger partial charge in [0.05, 0.1) is 0 Å². The lowest BCUT2D eigenvalue weighted by molar-refractivity contribution is -0.304. The monoisotopic (exact) mass is 211 g/mol. The maximum absolute atomic E-state index is 10.9. The molecule has 0 fully saturated rings. The number of hydrogen-bond donors (Lipinski definition) is 0. The predicted octanol–water partition coefficient (Wildman–Crippen LogP) is 0.666. The van der Waals surface area contributed by atoms with Gasteiger partial charge in [0.1, 0.15) is 0 Å². The standard InChI is InChI=1S/C10H9ClO3/c1-6-7(5-9(12)13)3-2-4-8(6)10(11)14/h2-4H,5H2,1H3,(H,12,13)/p-1. The van der Waals surface area contributed by atoms with Crippen LogP contribution in [0.5, 0.6) is 0 Å². The Balaban J connectivity index is 3.13. The quantitative estimate of drug-likeness (QED) is 0.691. The summed E-state index contributed by atoms with van der Waals surface area (Å²) >= 11 is 5.32. The first kappa shape index (κ1) is 10.7. The van der Waals surface area contributed by atoms with E-state index in [-0.39, 0.29) is 6.42 Å². The molecule has 3 nitrogen and oxygen atoms in total.